The highest BCUT2D eigenvalue weighted by Gasteiger charge is 2.07. The number of H-pyrrole nitrogens is 1. The Morgan fingerprint density at radius 1 is 1.25 bits per heavy atom. The van der Waals surface area contributed by atoms with Crippen molar-refractivity contribution in [1.82, 2.24) is 10.2 Å². The summed E-state index contributed by atoms with van der Waals surface area (Å²) in [4.78, 5) is 0. The van der Waals surface area contributed by atoms with E-state index in [1.165, 1.54) is 0 Å². The molecule has 0 aliphatic rings. The van der Waals surface area contributed by atoms with Gasteiger partial charge in [0.25, 0.3) is 0 Å². The fourth-order valence-corrected chi connectivity index (χ4v) is 1.35. The van der Waals surface area contributed by atoms with Gasteiger partial charge in [0.2, 0.25) is 0 Å². The van der Waals surface area contributed by atoms with Crippen LogP contribution in [0.4, 0.5) is 17.2 Å². The number of anilines is 1. The number of nitrogens with two attached hydrogens (primary N) is 1. The average Bonchev–Trinajstić information content (AvgIpc) is 2.69. The minimum atomic E-state index is 0.386. The van der Waals surface area contributed by atoms with E-state index in [4.69, 9.17) is 5.73 Å². The van der Waals surface area contributed by atoms with E-state index in [0.29, 0.717) is 11.5 Å². The minimum Gasteiger partial charge on any atom is -0.380 e. The molecule has 1 heterocycles. The number of aromatic amines is 1. The van der Waals surface area contributed by atoms with Crippen LogP contribution in [0.15, 0.2) is 40.6 Å². The lowest BCUT2D eigenvalue weighted by Crippen LogP contribution is -1.83. The molecule has 3 N–H and O–H groups in total. The number of nitrogens with zero attached hydrogens (tertiary/aromatic N) is 3. The number of nitrogens with one attached hydrogen (secondary N) is 1. The van der Waals surface area contributed by atoms with E-state index in [1.807, 2.05) is 37.3 Å². The van der Waals surface area contributed by atoms with Gasteiger partial charge in [-0.05, 0) is 18.6 Å². The highest BCUT2D eigenvalue weighted by molar-refractivity contribution is 5.60. The van der Waals surface area contributed by atoms with E-state index in [-0.39, 0.29) is 0 Å². The second-order valence-electron chi connectivity index (χ2n) is 3.33. The Bertz CT molecular complexity index is 486. The van der Waals surface area contributed by atoms with Crippen molar-refractivity contribution in [3.63, 3.8) is 0 Å². The summed E-state index contributed by atoms with van der Waals surface area (Å²) in [5.74, 6) is 0.386. The van der Waals surface area contributed by atoms with Gasteiger partial charge < -0.3 is 5.73 Å². The molecule has 0 atom stereocenters. The molecule has 0 unspecified atom stereocenters. The number of hydrogen-bond acceptors (Lipinski definition) is 4. The van der Waals surface area contributed by atoms with Crippen LogP contribution in [-0.2, 0) is 6.42 Å². The first-order valence-electron chi connectivity index (χ1n) is 5.10. The van der Waals surface area contributed by atoms with Crippen molar-refractivity contribution in [3.8, 4) is 0 Å². The number of rotatable bonds is 3. The van der Waals surface area contributed by atoms with Gasteiger partial charge in [0.1, 0.15) is 0 Å². The molecule has 0 amide bonds. The summed E-state index contributed by atoms with van der Waals surface area (Å²) in [5.41, 5.74) is 8.01. The highest BCUT2D eigenvalue weighted by atomic mass is 15.2. The highest BCUT2D eigenvalue weighted by Crippen LogP contribution is 2.26. The Balaban J connectivity index is 2.27. The standard InChI is InChI=1S/C11H13N5/c1-2-9-10(11(12)16-14-9)15-13-8-6-4-3-5-7-8/h3-7H,2H2,1H3,(H3,12,14,16). The van der Waals surface area contributed by atoms with Gasteiger partial charge in [0, 0.05) is 0 Å². The third-order valence-electron chi connectivity index (χ3n) is 2.21. The first kappa shape index (κ1) is 10.4. The molecule has 0 saturated carbocycles. The third-order valence-corrected chi connectivity index (χ3v) is 2.21. The van der Waals surface area contributed by atoms with Gasteiger partial charge in [-0.15, -0.1) is 5.11 Å². The predicted octanol–water partition coefficient (Wildman–Crippen LogP) is 2.97. The number of aryl methyl sites for hydroxylation is 1. The molecule has 0 fully saturated rings. The maximum Gasteiger partial charge on any atom is 0.173 e. The molecule has 5 nitrogen and oxygen atoms in total. The summed E-state index contributed by atoms with van der Waals surface area (Å²) >= 11 is 0. The molecule has 0 aliphatic carbocycles. The maximum atomic E-state index is 5.68. The Morgan fingerprint density at radius 2 is 2.00 bits per heavy atom. The van der Waals surface area contributed by atoms with Crippen molar-refractivity contribution in [3.05, 3.63) is 36.0 Å². The van der Waals surface area contributed by atoms with E-state index in [1.54, 1.807) is 0 Å². The number of azo groups is 1. The molecule has 0 radical (unpaired) electrons. The molecule has 0 saturated heterocycles. The molecule has 2 rings (SSSR count). The van der Waals surface area contributed by atoms with Crippen LogP contribution in [0.1, 0.15) is 12.6 Å². The molecule has 2 aromatic rings. The third kappa shape index (κ3) is 2.08. The minimum absolute atomic E-state index is 0.386. The summed E-state index contributed by atoms with van der Waals surface area (Å²) in [7, 11) is 0. The summed E-state index contributed by atoms with van der Waals surface area (Å²) in [6.45, 7) is 2.01. The monoisotopic (exact) mass is 215 g/mol. The van der Waals surface area contributed by atoms with Gasteiger partial charge in [-0.25, -0.2) is 0 Å². The van der Waals surface area contributed by atoms with Gasteiger partial charge >= 0.3 is 0 Å². The van der Waals surface area contributed by atoms with Crippen LogP contribution in [0.5, 0.6) is 0 Å². The second-order valence-corrected chi connectivity index (χ2v) is 3.33. The van der Waals surface area contributed by atoms with Crippen molar-refractivity contribution in [2.75, 3.05) is 5.73 Å². The molecular weight excluding hydrogens is 202 g/mol. The van der Waals surface area contributed by atoms with Crippen molar-refractivity contribution in [1.29, 1.82) is 0 Å². The topological polar surface area (TPSA) is 79.4 Å². The first-order chi connectivity index (χ1) is 7.81. The van der Waals surface area contributed by atoms with Crippen molar-refractivity contribution in [2.24, 2.45) is 10.2 Å². The van der Waals surface area contributed by atoms with Crippen LogP contribution >= 0.6 is 0 Å². The fourth-order valence-electron chi connectivity index (χ4n) is 1.35. The van der Waals surface area contributed by atoms with Crippen LogP contribution in [0, 0.1) is 0 Å². The lowest BCUT2D eigenvalue weighted by molar-refractivity contribution is 0.974. The fraction of sp³-hybridized carbons (Fsp3) is 0.182. The van der Waals surface area contributed by atoms with Gasteiger partial charge in [-0.1, -0.05) is 25.1 Å². The largest absolute Gasteiger partial charge is 0.380 e. The molecule has 5 heteroatoms. The average molecular weight is 215 g/mol. The van der Waals surface area contributed by atoms with E-state index in [9.17, 15) is 0 Å². The zero-order valence-electron chi connectivity index (χ0n) is 9.01. The summed E-state index contributed by atoms with van der Waals surface area (Å²) in [6.07, 6.45) is 0.799. The Labute approximate surface area is 93.4 Å². The van der Waals surface area contributed by atoms with E-state index < -0.39 is 0 Å². The Morgan fingerprint density at radius 3 is 2.69 bits per heavy atom. The SMILES string of the molecule is CCc1[nH]nc(N)c1N=Nc1ccccc1. The Kier molecular flexibility index (Phi) is 2.95. The molecule has 1 aromatic heterocycles. The molecule has 1 aromatic carbocycles. The van der Waals surface area contributed by atoms with Crippen LogP contribution < -0.4 is 5.73 Å². The van der Waals surface area contributed by atoms with Crippen LogP contribution in [-0.4, -0.2) is 10.2 Å². The predicted molar refractivity (Wildman–Crippen MR) is 63.0 cm³/mol. The van der Waals surface area contributed by atoms with Crippen LogP contribution in [0.3, 0.4) is 0 Å². The van der Waals surface area contributed by atoms with Gasteiger partial charge in [0.15, 0.2) is 11.5 Å². The van der Waals surface area contributed by atoms with Gasteiger partial charge in [-0.2, -0.15) is 10.2 Å². The quantitative estimate of drug-likeness (QED) is 0.772. The van der Waals surface area contributed by atoms with Crippen LogP contribution in [0.25, 0.3) is 0 Å². The molecule has 0 bridgehead atoms. The number of nitrogen functional groups attached to an aromatic ring is 1. The van der Waals surface area contributed by atoms with E-state index in [0.717, 1.165) is 17.8 Å². The zero-order chi connectivity index (χ0) is 11.4. The molecule has 0 aliphatic heterocycles. The summed E-state index contributed by atoms with van der Waals surface area (Å²) in [6, 6.07) is 9.51. The van der Waals surface area contributed by atoms with Crippen LogP contribution in [0.2, 0.25) is 0 Å². The summed E-state index contributed by atoms with van der Waals surface area (Å²) in [5, 5.41) is 14.9. The smallest absolute Gasteiger partial charge is 0.173 e. The molecular formula is C11H13N5. The normalized spacial score (nSPS) is 11.1. The Hall–Kier alpha value is -2.17. The van der Waals surface area contributed by atoms with Crippen molar-refractivity contribution in [2.45, 2.75) is 13.3 Å². The number of hydrogen-bond donors (Lipinski definition) is 2. The molecule has 0 spiro atoms. The lowest BCUT2D eigenvalue weighted by Gasteiger charge is -1.93. The molecule has 16 heavy (non-hydrogen) atoms. The second kappa shape index (κ2) is 4.57. The first-order valence-corrected chi connectivity index (χ1v) is 5.10. The van der Waals surface area contributed by atoms with Gasteiger partial charge in [-0.3, -0.25) is 5.10 Å². The maximum absolute atomic E-state index is 5.68. The van der Waals surface area contributed by atoms with Gasteiger partial charge in [0.05, 0.1) is 11.4 Å². The van der Waals surface area contributed by atoms with E-state index in [2.05, 4.69) is 20.4 Å². The lowest BCUT2D eigenvalue weighted by atomic mass is 10.3. The zero-order valence-corrected chi connectivity index (χ0v) is 9.01. The number of benzene rings is 1. The van der Waals surface area contributed by atoms with E-state index >= 15 is 0 Å². The van der Waals surface area contributed by atoms with Crippen molar-refractivity contribution < 1.29 is 0 Å². The summed E-state index contributed by atoms with van der Waals surface area (Å²) < 4.78 is 0. The molecule has 82 valence electrons. The number of aromatic nitrogens is 2. The van der Waals surface area contributed by atoms with Crippen molar-refractivity contribution >= 4 is 17.2 Å².